The first-order chi connectivity index (χ1) is 15.1. The molecule has 0 N–H and O–H groups in total. The normalized spacial score (nSPS) is 15.1. The van der Waals surface area contributed by atoms with Crippen LogP contribution >= 0.6 is 11.8 Å². The van der Waals surface area contributed by atoms with Gasteiger partial charge in [-0.2, -0.15) is 0 Å². The molecule has 4 aromatic rings. The lowest BCUT2D eigenvalue weighted by molar-refractivity contribution is 0.104. The van der Waals surface area contributed by atoms with Crippen LogP contribution in [0.5, 0.6) is 0 Å². The Balaban J connectivity index is 1.43. The van der Waals surface area contributed by atoms with Gasteiger partial charge in [0.05, 0.1) is 0 Å². The van der Waals surface area contributed by atoms with Crippen molar-refractivity contribution in [2.45, 2.75) is 22.9 Å². The molecule has 2 heterocycles. The van der Waals surface area contributed by atoms with Crippen molar-refractivity contribution < 1.29 is 4.79 Å². The van der Waals surface area contributed by atoms with Crippen LogP contribution < -0.4 is 20.7 Å². The summed E-state index contributed by atoms with van der Waals surface area (Å²) >= 11 is 1.88. The number of rotatable bonds is 1. The van der Waals surface area contributed by atoms with Gasteiger partial charge >= 0.3 is 0 Å². The van der Waals surface area contributed by atoms with Crippen LogP contribution in [0.1, 0.15) is 15.9 Å². The van der Waals surface area contributed by atoms with Crippen molar-refractivity contribution in [3.63, 3.8) is 0 Å². The third-order valence-corrected chi connectivity index (χ3v) is 12.9. The molecule has 1 nitrogen and oxygen atoms in total. The summed E-state index contributed by atoms with van der Waals surface area (Å²) < 4.78 is 0. The number of carbonyl (C=O) groups is 1. The number of ketones is 1. The van der Waals surface area contributed by atoms with E-state index in [1.54, 1.807) is 0 Å². The smallest absolute Gasteiger partial charge is 0.192 e. The van der Waals surface area contributed by atoms with Gasteiger partial charge in [0.2, 0.25) is 0 Å². The molecule has 2 aliphatic rings. The Morgan fingerprint density at radius 2 is 1.16 bits per heavy atom. The molecule has 0 unspecified atom stereocenters. The highest BCUT2D eigenvalue weighted by Gasteiger charge is 2.30. The monoisotopic (exact) mass is 448 g/mol. The molecule has 0 aliphatic carbocycles. The Kier molecular flexibility index (Phi) is 4.42. The van der Waals surface area contributed by atoms with E-state index in [9.17, 15) is 4.79 Å². The van der Waals surface area contributed by atoms with Crippen LogP contribution in [0.25, 0.3) is 11.1 Å². The molecule has 0 spiro atoms. The van der Waals surface area contributed by atoms with Gasteiger partial charge in [-0.25, -0.2) is 0 Å². The zero-order valence-electron chi connectivity index (χ0n) is 17.4. The van der Waals surface area contributed by atoms with Gasteiger partial charge < -0.3 is 0 Å². The summed E-state index contributed by atoms with van der Waals surface area (Å²) in [6.45, 7) is 4.69. The van der Waals surface area contributed by atoms with Crippen molar-refractivity contribution >= 4 is 55.9 Å². The first kappa shape index (κ1) is 19.1. The maximum absolute atomic E-state index is 13.3. The van der Waals surface area contributed by atoms with Crippen LogP contribution in [-0.4, -0.2) is 23.4 Å². The first-order valence-corrected chi connectivity index (χ1v) is 15.3. The fourth-order valence-electron chi connectivity index (χ4n) is 4.76. The lowest BCUT2D eigenvalue weighted by Gasteiger charge is -2.25. The molecule has 31 heavy (non-hydrogen) atoms. The summed E-state index contributed by atoms with van der Waals surface area (Å²) in [6, 6.07) is 30.3. The molecule has 2 radical (unpaired) electrons. The molecular weight excluding hydrogens is 429 g/mol. The minimum atomic E-state index is -0.912. The van der Waals surface area contributed by atoms with Crippen molar-refractivity contribution in [1.82, 2.24) is 0 Å². The second-order valence-electron chi connectivity index (χ2n) is 8.19. The average molecular weight is 449 g/mol. The molecule has 0 saturated carbocycles. The van der Waals surface area contributed by atoms with Crippen molar-refractivity contribution in [1.29, 1.82) is 0 Å². The summed E-state index contributed by atoms with van der Waals surface area (Å²) in [5.41, 5.74) is 4.11. The molecule has 0 aromatic heterocycles. The number of hydrogen-bond acceptors (Lipinski definition) is 2. The highest BCUT2D eigenvalue weighted by Crippen LogP contribution is 2.33. The quantitative estimate of drug-likeness (QED) is 0.412. The van der Waals surface area contributed by atoms with Gasteiger partial charge in [0.1, 0.15) is 17.6 Å². The van der Waals surface area contributed by atoms with Gasteiger partial charge in [-0.15, -0.1) is 0 Å². The molecule has 0 amide bonds. The zero-order chi connectivity index (χ0) is 21.1. The van der Waals surface area contributed by atoms with E-state index in [4.69, 9.17) is 0 Å². The molecule has 0 fully saturated rings. The molecule has 4 heteroatoms. The molecule has 2 aliphatic heterocycles. The summed E-state index contributed by atoms with van der Waals surface area (Å²) in [5, 5.41) is 5.46. The summed E-state index contributed by atoms with van der Waals surface area (Å²) in [4.78, 5) is 16.0. The highest BCUT2D eigenvalue weighted by atomic mass is 32.2. The van der Waals surface area contributed by atoms with E-state index in [1.165, 1.54) is 36.1 Å². The third-order valence-electron chi connectivity index (χ3n) is 6.47. The van der Waals surface area contributed by atoms with Gasteiger partial charge in [0.15, 0.2) is 5.78 Å². The maximum Gasteiger partial charge on any atom is 0.192 e. The minimum Gasteiger partial charge on any atom is -0.289 e. The fraction of sp³-hybridized carbons (Fsp3) is 0.0741. The SMILES string of the molecule is C[Si]1c2ccccc2Sc2cc(-c3ccc4c(c3)C(=O)c3ccccc3[Si]4C)ccc21. The van der Waals surface area contributed by atoms with Crippen LogP contribution in [0, 0.1) is 0 Å². The maximum atomic E-state index is 13.3. The fourth-order valence-corrected chi connectivity index (χ4v) is 10.9. The van der Waals surface area contributed by atoms with Gasteiger partial charge in [-0.1, -0.05) is 91.6 Å². The van der Waals surface area contributed by atoms with Crippen LogP contribution in [0.4, 0.5) is 0 Å². The highest BCUT2D eigenvalue weighted by molar-refractivity contribution is 8.00. The average Bonchev–Trinajstić information content (AvgIpc) is 2.82. The van der Waals surface area contributed by atoms with E-state index >= 15 is 0 Å². The van der Waals surface area contributed by atoms with Gasteiger partial charge in [0.25, 0.3) is 0 Å². The molecule has 148 valence electrons. The Morgan fingerprint density at radius 1 is 0.581 bits per heavy atom. The van der Waals surface area contributed by atoms with E-state index < -0.39 is 17.6 Å². The van der Waals surface area contributed by atoms with E-state index in [0.29, 0.717) is 0 Å². The molecule has 0 saturated heterocycles. The zero-order valence-corrected chi connectivity index (χ0v) is 20.2. The van der Waals surface area contributed by atoms with Gasteiger partial charge in [0, 0.05) is 20.9 Å². The van der Waals surface area contributed by atoms with Crippen LogP contribution in [-0.2, 0) is 0 Å². The summed E-state index contributed by atoms with van der Waals surface area (Å²) in [6.07, 6.45) is 0. The second-order valence-corrected chi connectivity index (χ2v) is 13.9. The number of carbonyl (C=O) groups excluding carboxylic acids is 1. The standard InChI is InChI=1S/C27H20OSSi2/c1-30-23-9-5-3-7-19(23)27(28)20-15-17(11-13-24(20)30)18-12-14-26-22(16-18)29-21-8-4-6-10-25(21)31(26)2/h3-16H,1-2H3. The van der Waals surface area contributed by atoms with E-state index in [2.05, 4.69) is 79.8 Å². The predicted molar refractivity (Wildman–Crippen MR) is 134 cm³/mol. The van der Waals surface area contributed by atoms with Crippen molar-refractivity contribution in [2.24, 2.45) is 0 Å². The van der Waals surface area contributed by atoms with Crippen LogP contribution in [0.2, 0.25) is 13.1 Å². The van der Waals surface area contributed by atoms with E-state index in [1.807, 2.05) is 30.0 Å². The lowest BCUT2D eigenvalue weighted by atomic mass is 9.97. The number of benzene rings is 4. The van der Waals surface area contributed by atoms with Gasteiger partial charge in [-0.05, 0) is 50.1 Å². The Labute approximate surface area is 190 Å². The summed E-state index contributed by atoms with van der Waals surface area (Å²) in [7, 11) is -1.65. The van der Waals surface area contributed by atoms with E-state index in [-0.39, 0.29) is 5.78 Å². The Morgan fingerprint density at radius 3 is 2.00 bits per heavy atom. The molecule has 0 bridgehead atoms. The molecule has 0 atom stereocenters. The van der Waals surface area contributed by atoms with Crippen molar-refractivity contribution in [3.8, 4) is 11.1 Å². The number of hydrogen-bond donors (Lipinski definition) is 0. The van der Waals surface area contributed by atoms with Gasteiger partial charge in [-0.3, -0.25) is 4.79 Å². The topological polar surface area (TPSA) is 17.1 Å². The summed E-state index contributed by atoms with van der Waals surface area (Å²) in [5.74, 6) is 0.170. The minimum absolute atomic E-state index is 0.170. The molecule has 4 aromatic carbocycles. The number of fused-ring (bicyclic) bond motifs is 4. The van der Waals surface area contributed by atoms with Crippen molar-refractivity contribution in [3.05, 3.63) is 96.1 Å². The van der Waals surface area contributed by atoms with Crippen molar-refractivity contribution in [2.75, 3.05) is 0 Å². The predicted octanol–water partition coefficient (Wildman–Crippen LogP) is 3.84. The Bertz CT molecular complexity index is 1380. The van der Waals surface area contributed by atoms with Crippen LogP contribution in [0.15, 0.2) is 94.7 Å². The molecular formula is C27H20OSSi2. The largest absolute Gasteiger partial charge is 0.289 e. The Hall–Kier alpha value is -2.67. The first-order valence-electron chi connectivity index (χ1n) is 10.5. The van der Waals surface area contributed by atoms with Crippen LogP contribution in [0.3, 0.4) is 0 Å². The third kappa shape index (κ3) is 2.93. The second kappa shape index (κ2) is 7.19. The molecule has 6 rings (SSSR count). The van der Waals surface area contributed by atoms with E-state index in [0.717, 1.165) is 16.7 Å². The lowest BCUT2D eigenvalue weighted by Crippen LogP contribution is -2.49.